The van der Waals surface area contributed by atoms with Crippen molar-refractivity contribution in [2.45, 2.75) is 0 Å². The molecule has 13 heavy (non-hydrogen) atoms. The Kier molecular flexibility index (Phi) is 3.47. The van der Waals surface area contributed by atoms with Gasteiger partial charge in [0.1, 0.15) is 5.82 Å². The predicted octanol–water partition coefficient (Wildman–Crippen LogP) is 3.69. The molecule has 4 heteroatoms. The van der Waals surface area contributed by atoms with E-state index in [4.69, 9.17) is 16.9 Å². The second kappa shape index (κ2) is 4.40. The van der Waals surface area contributed by atoms with Gasteiger partial charge in [0, 0.05) is 11.6 Å². The molecular weight excluding hydrogens is 256 g/mol. The molecule has 0 amide bonds. The first-order chi connectivity index (χ1) is 6.16. The Morgan fingerprint density at radius 3 is 2.92 bits per heavy atom. The minimum absolute atomic E-state index is 0.0984. The van der Waals surface area contributed by atoms with E-state index in [1.165, 1.54) is 6.07 Å². The average molecular weight is 260 g/mol. The van der Waals surface area contributed by atoms with Crippen molar-refractivity contribution in [1.29, 1.82) is 5.26 Å². The van der Waals surface area contributed by atoms with Crippen molar-refractivity contribution in [3.8, 4) is 6.07 Å². The maximum Gasteiger partial charge on any atom is 0.146 e. The highest BCUT2D eigenvalue weighted by molar-refractivity contribution is 9.10. The Morgan fingerprint density at radius 1 is 1.62 bits per heavy atom. The number of allylic oxidation sites excluding steroid dienone is 1. The average Bonchev–Trinajstić information content (AvgIpc) is 2.10. The lowest BCUT2D eigenvalue weighted by atomic mass is 10.2. The number of hydrogen-bond donors (Lipinski definition) is 0. The van der Waals surface area contributed by atoms with Gasteiger partial charge in [0.25, 0.3) is 0 Å². The zero-order chi connectivity index (χ0) is 9.84. The number of rotatable bonds is 1. The molecule has 0 spiro atoms. The summed E-state index contributed by atoms with van der Waals surface area (Å²) in [5.41, 5.74) is 0.220. The Bertz CT molecular complexity index is 395. The van der Waals surface area contributed by atoms with Gasteiger partial charge in [-0.15, -0.1) is 0 Å². The molecule has 0 aliphatic rings. The summed E-state index contributed by atoms with van der Waals surface area (Å²) in [6.07, 6.45) is 1.09. The van der Waals surface area contributed by atoms with Crippen LogP contribution in [0.4, 0.5) is 4.39 Å². The third-order valence-corrected chi connectivity index (χ3v) is 2.33. The summed E-state index contributed by atoms with van der Waals surface area (Å²) in [5, 5.41) is 8.41. The van der Waals surface area contributed by atoms with E-state index in [0.29, 0.717) is 4.47 Å². The number of halogens is 3. The van der Waals surface area contributed by atoms with Crippen molar-refractivity contribution in [2.24, 2.45) is 0 Å². The van der Waals surface area contributed by atoms with Gasteiger partial charge in [0.05, 0.1) is 15.6 Å². The highest BCUT2D eigenvalue weighted by Crippen LogP contribution is 2.26. The van der Waals surface area contributed by atoms with Crippen LogP contribution in [0.2, 0.25) is 0 Å². The van der Waals surface area contributed by atoms with Crippen LogP contribution in [-0.4, -0.2) is 0 Å². The molecule has 0 aliphatic carbocycles. The summed E-state index contributed by atoms with van der Waals surface area (Å²) in [7, 11) is 0. The van der Waals surface area contributed by atoms with Gasteiger partial charge in [0.15, 0.2) is 0 Å². The second-order valence-corrected chi connectivity index (χ2v) is 3.48. The van der Waals surface area contributed by atoms with E-state index in [1.54, 1.807) is 18.2 Å². The van der Waals surface area contributed by atoms with E-state index in [1.807, 2.05) is 0 Å². The van der Waals surface area contributed by atoms with E-state index in [-0.39, 0.29) is 10.6 Å². The van der Waals surface area contributed by atoms with Crippen molar-refractivity contribution < 1.29 is 4.39 Å². The molecule has 0 unspecified atom stereocenters. The minimum Gasteiger partial charge on any atom is -0.205 e. The van der Waals surface area contributed by atoms with Gasteiger partial charge in [0.2, 0.25) is 0 Å². The SMILES string of the molecule is N#C/C=C(\Cl)c1cccc(Br)c1F. The first-order valence-corrected chi connectivity index (χ1v) is 4.53. The van der Waals surface area contributed by atoms with Crippen molar-refractivity contribution in [3.63, 3.8) is 0 Å². The van der Waals surface area contributed by atoms with Crippen LogP contribution in [0.25, 0.3) is 5.03 Å². The summed E-state index contributed by atoms with van der Waals surface area (Å²) >= 11 is 8.68. The normalized spacial score (nSPS) is 11.1. The van der Waals surface area contributed by atoms with Crippen LogP contribution < -0.4 is 0 Å². The predicted molar refractivity (Wildman–Crippen MR) is 53.5 cm³/mol. The summed E-state index contributed by atoms with van der Waals surface area (Å²) in [6, 6.07) is 6.46. The fraction of sp³-hybridized carbons (Fsp3) is 0. The molecular formula is C9H4BrClFN. The first-order valence-electron chi connectivity index (χ1n) is 3.36. The molecule has 0 N–H and O–H groups in total. The van der Waals surface area contributed by atoms with Crippen LogP contribution in [0.15, 0.2) is 28.7 Å². The molecule has 0 aromatic heterocycles. The van der Waals surface area contributed by atoms with E-state index in [9.17, 15) is 4.39 Å². The molecule has 0 atom stereocenters. The van der Waals surface area contributed by atoms with Crippen molar-refractivity contribution >= 4 is 32.6 Å². The lowest BCUT2D eigenvalue weighted by Gasteiger charge is -2.01. The van der Waals surface area contributed by atoms with Gasteiger partial charge in [-0.3, -0.25) is 0 Å². The van der Waals surface area contributed by atoms with E-state index < -0.39 is 5.82 Å². The van der Waals surface area contributed by atoms with Gasteiger partial charge in [-0.05, 0) is 22.0 Å². The minimum atomic E-state index is -0.459. The summed E-state index contributed by atoms with van der Waals surface area (Å²) < 4.78 is 13.6. The summed E-state index contributed by atoms with van der Waals surface area (Å²) in [4.78, 5) is 0. The second-order valence-electron chi connectivity index (χ2n) is 2.22. The molecule has 0 radical (unpaired) electrons. The molecule has 1 nitrogen and oxygen atoms in total. The highest BCUT2D eigenvalue weighted by atomic mass is 79.9. The van der Waals surface area contributed by atoms with Gasteiger partial charge in [-0.2, -0.15) is 5.26 Å². The smallest absolute Gasteiger partial charge is 0.146 e. The van der Waals surface area contributed by atoms with Gasteiger partial charge < -0.3 is 0 Å². The fourth-order valence-electron chi connectivity index (χ4n) is 0.823. The molecule has 0 saturated heterocycles. The zero-order valence-corrected chi connectivity index (χ0v) is 8.73. The Labute approximate surface area is 88.6 Å². The van der Waals surface area contributed by atoms with Crippen LogP contribution in [-0.2, 0) is 0 Å². The van der Waals surface area contributed by atoms with Gasteiger partial charge in [-0.1, -0.05) is 23.7 Å². The number of benzene rings is 1. The summed E-state index contributed by atoms with van der Waals surface area (Å²) in [5.74, 6) is -0.459. The molecule has 66 valence electrons. The Hall–Kier alpha value is -0.850. The van der Waals surface area contributed by atoms with Crippen LogP contribution in [0.5, 0.6) is 0 Å². The molecule has 1 aromatic carbocycles. The third-order valence-electron chi connectivity index (χ3n) is 1.40. The molecule has 0 heterocycles. The number of hydrogen-bond acceptors (Lipinski definition) is 1. The van der Waals surface area contributed by atoms with Crippen LogP contribution >= 0.6 is 27.5 Å². The largest absolute Gasteiger partial charge is 0.205 e. The topological polar surface area (TPSA) is 23.8 Å². The monoisotopic (exact) mass is 259 g/mol. The van der Waals surface area contributed by atoms with Gasteiger partial charge >= 0.3 is 0 Å². The lowest BCUT2D eigenvalue weighted by Crippen LogP contribution is -1.85. The molecule has 1 rings (SSSR count). The maximum atomic E-state index is 13.3. The molecule has 1 aromatic rings. The maximum absolute atomic E-state index is 13.3. The van der Waals surface area contributed by atoms with E-state index in [2.05, 4.69) is 15.9 Å². The third kappa shape index (κ3) is 2.30. The van der Waals surface area contributed by atoms with E-state index in [0.717, 1.165) is 6.08 Å². The molecule has 0 aliphatic heterocycles. The molecule has 0 saturated carbocycles. The zero-order valence-electron chi connectivity index (χ0n) is 6.39. The standard InChI is InChI=1S/C9H4BrClFN/c10-7-3-1-2-6(9(7)12)8(11)4-5-13/h1-4H/b8-4-. The lowest BCUT2D eigenvalue weighted by molar-refractivity contribution is 0.618. The quantitative estimate of drug-likeness (QED) is 0.707. The Morgan fingerprint density at radius 2 is 2.31 bits per heavy atom. The molecule has 0 bridgehead atoms. The van der Waals surface area contributed by atoms with E-state index >= 15 is 0 Å². The molecule has 0 fully saturated rings. The highest BCUT2D eigenvalue weighted by Gasteiger charge is 2.07. The number of nitriles is 1. The number of nitrogens with zero attached hydrogens (tertiary/aromatic N) is 1. The van der Waals surface area contributed by atoms with Crippen LogP contribution in [0, 0.1) is 17.1 Å². The van der Waals surface area contributed by atoms with Crippen LogP contribution in [0.1, 0.15) is 5.56 Å². The van der Waals surface area contributed by atoms with Crippen molar-refractivity contribution in [2.75, 3.05) is 0 Å². The Balaban J connectivity index is 3.25. The van der Waals surface area contributed by atoms with Gasteiger partial charge in [-0.25, -0.2) is 4.39 Å². The van der Waals surface area contributed by atoms with Crippen molar-refractivity contribution in [3.05, 3.63) is 40.1 Å². The van der Waals surface area contributed by atoms with Crippen molar-refractivity contribution in [1.82, 2.24) is 0 Å². The van der Waals surface area contributed by atoms with Crippen LogP contribution in [0.3, 0.4) is 0 Å². The summed E-state index contributed by atoms with van der Waals surface area (Å²) in [6.45, 7) is 0. The first kappa shape index (κ1) is 10.2. The fourth-order valence-corrected chi connectivity index (χ4v) is 1.38.